The number of thiazole rings is 1. The lowest BCUT2D eigenvalue weighted by molar-refractivity contribution is 0.102. The first kappa shape index (κ1) is 20.6. The van der Waals surface area contributed by atoms with Crippen molar-refractivity contribution in [1.82, 2.24) is 25.0 Å². The van der Waals surface area contributed by atoms with E-state index in [4.69, 9.17) is 9.47 Å². The summed E-state index contributed by atoms with van der Waals surface area (Å²) >= 11 is 1.40. The molecule has 0 atom stereocenters. The molecule has 3 heterocycles. The molecule has 10 heteroatoms. The van der Waals surface area contributed by atoms with Crippen LogP contribution in [0.3, 0.4) is 0 Å². The smallest absolute Gasteiger partial charge is 0.276 e. The average molecular weight is 439 g/mol. The molecule has 1 aromatic carbocycles. The number of carbonyl (C=O) groups excluding carboxylic acids is 1. The zero-order valence-electron chi connectivity index (χ0n) is 17.4. The van der Waals surface area contributed by atoms with E-state index in [1.54, 1.807) is 30.5 Å². The SMILES string of the molecule is COc1cc(CCc2cc(NC(=O)c3csc(-c4cnn(C)c4)n3)n[nH]2)cc(OC)c1. The third-order valence-electron chi connectivity index (χ3n) is 4.66. The molecule has 0 aliphatic carbocycles. The molecule has 1 amide bonds. The third kappa shape index (κ3) is 4.92. The van der Waals surface area contributed by atoms with Gasteiger partial charge in [0.15, 0.2) is 5.82 Å². The molecule has 31 heavy (non-hydrogen) atoms. The number of benzene rings is 1. The summed E-state index contributed by atoms with van der Waals surface area (Å²) in [7, 11) is 5.10. The number of methoxy groups -OCH3 is 2. The predicted molar refractivity (Wildman–Crippen MR) is 118 cm³/mol. The van der Waals surface area contributed by atoms with Crippen LogP contribution < -0.4 is 14.8 Å². The minimum Gasteiger partial charge on any atom is -0.497 e. The fraction of sp³-hybridized carbons (Fsp3) is 0.238. The summed E-state index contributed by atoms with van der Waals surface area (Å²) in [6.07, 6.45) is 5.07. The number of hydrogen-bond donors (Lipinski definition) is 2. The van der Waals surface area contributed by atoms with E-state index in [1.165, 1.54) is 11.3 Å². The van der Waals surface area contributed by atoms with Crippen LogP contribution in [0.4, 0.5) is 5.82 Å². The van der Waals surface area contributed by atoms with E-state index in [2.05, 4.69) is 25.6 Å². The average Bonchev–Trinajstić information content (AvgIpc) is 3.52. The molecule has 0 saturated heterocycles. The minimum atomic E-state index is -0.304. The lowest BCUT2D eigenvalue weighted by Gasteiger charge is -2.07. The van der Waals surface area contributed by atoms with Crippen LogP contribution in [0.2, 0.25) is 0 Å². The summed E-state index contributed by atoms with van der Waals surface area (Å²) in [5.74, 6) is 1.66. The highest BCUT2D eigenvalue weighted by Gasteiger charge is 2.14. The highest BCUT2D eigenvalue weighted by molar-refractivity contribution is 7.13. The van der Waals surface area contributed by atoms with Gasteiger partial charge in [-0.25, -0.2) is 4.98 Å². The second-order valence-corrected chi connectivity index (χ2v) is 7.75. The summed E-state index contributed by atoms with van der Waals surface area (Å²) in [6, 6.07) is 7.61. The maximum Gasteiger partial charge on any atom is 0.276 e. The maximum atomic E-state index is 12.5. The number of aromatic nitrogens is 5. The number of nitrogens with zero attached hydrogens (tertiary/aromatic N) is 4. The van der Waals surface area contributed by atoms with E-state index in [9.17, 15) is 4.79 Å². The standard InChI is InChI=1S/C21H22N6O3S/c1-27-11-14(10-22-27)21-23-18(12-31-21)20(28)24-19-8-15(25-26-19)5-4-13-6-16(29-2)9-17(7-13)30-3/h6-12H,4-5H2,1-3H3,(H2,24,25,26,28). The first-order valence-electron chi connectivity index (χ1n) is 9.56. The molecule has 0 radical (unpaired) electrons. The zero-order chi connectivity index (χ0) is 21.8. The molecule has 0 aliphatic rings. The molecule has 0 spiro atoms. The Morgan fingerprint density at radius 1 is 1.16 bits per heavy atom. The van der Waals surface area contributed by atoms with Crippen molar-refractivity contribution in [3.63, 3.8) is 0 Å². The number of H-pyrrole nitrogens is 1. The van der Waals surface area contributed by atoms with Crippen molar-refractivity contribution in [3.05, 3.63) is 59.0 Å². The molecule has 4 aromatic rings. The molecule has 160 valence electrons. The third-order valence-corrected chi connectivity index (χ3v) is 5.55. The summed E-state index contributed by atoms with van der Waals surface area (Å²) in [6.45, 7) is 0. The summed E-state index contributed by atoms with van der Waals surface area (Å²) in [5.41, 5.74) is 3.22. The number of nitrogens with one attached hydrogen (secondary N) is 2. The van der Waals surface area contributed by atoms with E-state index in [0.29, 0.717) is 11.5 Å². The first-order chi connectivity index (χ1) is 15.0. The van der Waals surface area contributed by atoms with Gasteiger partial charge in [-0.2, -0.15) is 10.2 Å². The molecule has 0 unspecified atom stereocenters. The summed E-state index contributed by atoms with van der Waals surface area (Å²) in [4.78, 5) is 16.9. The Labute approximate surface area is 183 Å². The molecule has 0 fully saturated rings. The quantitative estimate of drug-likeness (QED) is 0.437. The first-order valence-corrected chi connectivity index (χ1v) is 10.4. The molecule has 4 rings (SSSR count). The van der Waals surface area contributed by atoms with Gasteiger partial charge in [-0.1, -0.05) is 0 Å². The highest BCUT2D eigenvalue weighted by Crippen LogP contribution is 2.24. The van der Waals surface area contributed by atoms with Gasteiger partial charge in [0, 0.05) is 42.0 Å². The second-order valence-electron chi connectivity index (χ2n) is 6.89. The van der Waals surface area contributed by atoms with Crippen LogP contribution in [0.5, 0.6) is 11.5 Å². The van der Waals surface area contributed by atoms with Crippen LogP contribution >= 0.6 is 11.3 Å². The van der Waals surface area contributed by atoms with Crippen LogP contribution in [-0.4, -0.2) is 45.1 Å². The number of ether oxygens (including phenoxy) is 2. The van der Waals surface area contributed by atoms with Gasteiger partial charge in [0.25, 0.3) is 5.91 Å². The fourth-order valence-corrected chi connectivity index (χ4v) is 3.84. The van der Waals surface area contributed by atoms with Crippen molar-refractivity contribution >= 4 is 23.1 Å². The Morgan fingerprint density at radius 3 is 2.61 bits per heavy atom. The number of carbonyl (C=O) groups is 1. The van der Waals surface area contributed by atoms with Gasteiger partial charge in [-0.05, 0) is 30.5 Å². The summed E-state index contributed by atoms with van der Waals surface area (Å²) < 4.78 is 12.3. The van der Waals surface area contributed by atoms with Crippen LogP contribution in [0, 0.1) is 0 Å². The van der Waals surface area contributed by atoms with Crippen molar-refractivity contribution in [3.8, 4) is 22.1 Å². The Morgan fingerprint density at radius 2 is 1.94 bits per heavy atom. The molecule has 3 aromatic heterocycles. The zero-order valence-corrected chi connectivity index (χ0v) is 18.2. The van der Waals surface area contributed by atoms with Gasteiger partial charge in [0.05, 0.1) is 20.4 Å². The van der Waals surface area contributed by atoms with Crippen LogP contribution in [-0.2, 0) is 19.9 Å². The molecule has 0 bridgehead atoms. The van der Waals surface area contributed by atoms with Gasteiger partial charge < -0.3 is 14.8 Å². The van der Waals surface area contributed by atoms with Crippen LogP contribution in [0.25, 0.3) is 10.6 Å². The van der Waals surface area contributed by atoms with E-state index in [0.717, 1.165) is 46.2 Å². The Bertz CT molecular complexity index is 1170. The molecule has 0 saturated carbocycles. The fourth-order valence-electron chi connectivity index (χ4n) is 3.07. The van der Waals surface area contributed by atoms with Gasteiger partial charge in [0.1, 0.15) is 22.2 Å². The topological polar surface area (TPSA) is 107 Å². The lowest BCUT2D eigenvalue weighted by Crippen LogP contribution is -2.12. The van der Waals surface area contributed by atoms with Gasteiger partial charge >= 0.3 is 0 Å². The van der Waals surface area contributed by atoms with Gasteiger partial charge in [-0.3, -0.25) is 14.6 Å². The normalized spacial score (nSPS) is 10.8. The number of rotatable bonds is 8. The van der Waals surface area contributed by atoms with Gasteiger partial charge in [0.2, 0.25) is 0 Å². The van der Waals surface area contributed by atoms with Crippen molar-refractivity contribution in [2.75, 3.05) is 19.5 Å². The van der Waals surface area contributed by atoms with Crippen molar-refractivity contribution in [2.45, 2.75) is 12.8 Å². The highest BCUT2D eigenvalue weighted by atomic mass is 32.1. The largest absolute Gasteiger partial charge is 0.497 e. The van der Waals surface area contributed by atoms with Gasteiger partial charge in [-0.15, -0.1) is 11.3 Å². The second kappa shape index (κ2) is 9.00. The number of aromatic amines is 1. The van der Waals surface area contributed by atoms with E-state index in [-0.39, 0.29) is 5.91 Å². The lowest BCUT2D eigenvalue weighted by atomic mass is 10.1. The van der Waals surface area contributed by atoms with Crippen LogP contribution in [0.1, 0.15) is 21.7 Å². The Hall–Kier alpha value is -3.66. The number of hydrogen-bond acceptors (Lipinski definition) is 7. The van der Waals surface area contributed by atoms with E-state index < -0.39 is 0 Å². The molecule has 2 N–H and O–H groups in total. The number of aryl methyl sites for hydroxylation is 3. The van der Waals surface area contributed by atoms with E-state index in [1.807, 2.05) is 37.5 Å². The molecule has 9 nitrogen and oxygen atoms in total. The molecular weight excluding hydrogens is 416 g/mol. The Balaban J connectivity index is 1.37. The predicted octanol–water partition coefficient (Wildman–Crippen LogP) is 3.32. The van der Waals surface area contributed by atoms with Crippen LogP contribution in [0.15, 0.2) is 42.0 Å². The Kier molecular flexibility index (Phi) is 5.99. The van der Waals surface area contributed by atoms with Crippen molar-refractivity contribution in [2.24, 2.45) is 7.05 Å². The number of amides is 1. The minimum absolute atomic E-state index is 0.304. The maximum absolute atomic E-state index is 12.5. The molecule has 0 aliphatic heterocycles. The van der Waals surface area contributed by atoms with Crippen molar-refractivity contribution in [1.29, 1.82) is 0 Å². The molecular formula is C21H22N6O3S. The summed E-state index contributed by atoms with van der Waals surface area (Å²) in [5, 5.41) is 16.5. The monoisotopic (exact) mass is 438 g/mol. The number of anilines is 1. The van der Waals surface area contributed by atoms with E-state index >= 15 is 0 Å². The van der Waals surface area contributed by atoms with Crippen molar-refractivity contribution < 1.29 is 14.3 Å².